The van der Waals surface area contributed by atoms with Crippen molar-refractivity contribution in [1.29, 1.82) is 0 Å². The number of nitrogens with one attached hydrogen (secondary N) is 1. The summed E-state index contributed by atoms with van der Waals surface area (Å²) in [5.41, 5.74) is 4.81. The van der Waals surface area contributed by atoms with Crippen LogP contribution in [0.4, 0.5) is 14.5 Å². The molecule has 0 atom stereocenters. The first-order chi connectivity index (χ1) is 9.29. The summed E-state index contributed by atoms with van der Waals surface area (Å²) in [5.74, 6) is -2.21. The minimum absolute atomic E-state index is 0.0452. The van der Waals surface area contributed by atoms with Crippen LogP contribution in [-0.2, 0) is 16.6 Å². The van der Waals surface area contributed by atoms with Crippen molar-refractivity contribution in [2.24, 2.45) is 0 Å². The molecular formula is C11H9ClF2N2O2S2. The molecule has 108 valence electrons. The topological polar surface area (TPSA) is 72.2 Å². The number of rotatable bonds is 4. The lowest BCUT2D eigenvalue weighted by molar-refractivity contribution is 0.544. The number of nitrogens with two attached hydrogens (primary N) is 1. The van der Waals surface area contributed by atoms with Crippen molar-refractivity contribution < 1.29 is 17.2 Å². The second-order valence-electron chi connectivity index (χ2n) is 3.83. The van der Waals surface area contributed by atoms with Crippen LogP contribution in [0, 0.1) is 11.6 Å². The highest BCUT2D eigenvalue weighted by molar-refractivity contribution is 7.89. The van der Waals surface area contributed by atoms with Gasteiger partial charge >= 0.3 is 0 Å². The van der Waals surface area contributed by atoms with Crippen LogP contribution >= 0.6 is 22.9 Å². The first kappa shape index (κ1) is 15.2. The Morgan fingerprint density at radius 2 is 1.95 bits per heavy atom. The number of halogens is 3. The lowest BCUT2D eigenvalue weighted by atomic mass is 10.3. The lowest BCUT2D eigenvalue weighted by Crippen LogP contribution is -2.24. The molecule has 0 aliphatic heterocycles. The number of sulfonamides is 1. The highest BCUT2D eigenvalue weighted by Gasteiger charge is 2.21. The fourth-order valence-electron chi connectivity index (χ4n) is 1.44. The minimum Gasteiger partial charge on any atom is -0.396 e. The van der Waals surface area contributed by atoms with Crippen molar-refractivity contribution in [2.75, 3.05) is 5.73 Å². The molecule has 2 aromatic rings. The van der Waals surface area contributed by atoms with E-state index in [1.54, 1.807) is 12.1 Å². The van der Waals surface area contributed by atoms with Crippen LogP contribution in [0.5, 0.6) is 0 Å². The molecule has 9 heteroatoms. The first-order valence-electron chi connectivity index (χ1n) is 5.28. The van der Waals surface area contributed by atoms with E-state index in [-0.39, 0.29) is 6.54 Å². The van der Waals surface area contributed by atoms with E-state index in [0.29, 0.717) is 15.3 Å². The number of hydrogen-bond acceptors (Lipinski definition) is 4. The molecule has 0 aliphatic carbocycles. The van der Waals surface area contributed by atoms with Gasteiger partial charge in [0.15, 0.2) is 0 Å². The Labute approximate surface area is 123 Å². The fraction of sp³-hybridized carbons (Fsp3) is 0.0909. The predicted molar refractivity (Wildman–Crippen MR) is 74.1 cm³/mol. The summed E-state index contributed by atoms with van der Waals surface area (Å²) in [6.07, 6.45) is 0. The molecule has 20 heavy (non-hydrogen) atoms. The van der Waals surface area contributed by atoms with Crippen molar-refractivity contribution in [3.05, 3.63) is 45.1 Å². The lowest BCUT2D eigenvalue weighted by Gasteiger charge is -2.08. The quantitative estimate of drug-likeness (QED) is 0.842. The van der Waals surface area contributed by atoms with Crippen LogP contribution in [0.25, 0.3) is 0 Å². The number of benzene rings is 1. The molecule has 1 heterocycles. The molecule has 0 saturated carbocycles. The van der Waals surface area contributed by atoms with Crippen LogP contribution in [0.1, 0.15) is 4.88 Å². The average molecular weight is 339 g/mol. The van der Waals surface area contributed by atoms with Gasteiger partial charge in [-0.3, -0.25) is 0 Å². The molecule has 4 nitrogen and oxygen atoms in total. The molecule has 1 aromatic heterocycles. The standard InChI is InChI=1S/C11H9ClF2N2O2S2/c12-11-2-1-6(19-11)5-16-20(17,18)10-4-9(15)7(13)3-8(10)14/h1-4,16H,5,15H2. The van der Waals surface area contributed by atoms with Gasteiger partial charge in [-0.15, -0.1) is 11.3 Å². The SMILES string of the molecule is Nc1cc(S(=O)(=O)NCc2ccc(Cl)s2)c(F)cc1F. The maximum atomic E-state index is 13.5. The predicted octanol–water partition coefficient (Wildman–Crippen LogP) is 2.74. The van der Waals surface area contributed by atoms with Gasteiger partial charge in [-0.2, -0.15) is 0 Å². The molecule has 0 amide bonds. The van der Waals surface area contributed by atoms with E-state index in [1.807, 2.05) is 0 Å². The molecule has 0 unspecified atom stereocenters. The van der Waals surface area contributed by atoms with E-state index < -0.39 is 32.2 Å². The van der Waals surface area contributed by atoms with Crippen molar-refractivity contribution in [3.63, 3.8) is 0 Å². The smallest absolute Gasteiger partial charge is 0.243 e. The zero-order chi connectivity index (χ0) is 14.9. The number of hydrogen-bond donors (Lipinski definition) is 2. The van der Waals surface area contributed by atoms with Crippen molar-refractivity contribution in [1.82, 2.24) is 4.72 Å². The highest BCUT2D eigenvalue weighted by Crippen LogP contribution is 2.23. The fourth-order valence-corrected chi connectivity index (χ4v) is 3.66. The van der Waals surface area contributed by atoms with E-state index >= 15 is 0 Å². The maximum Gasteiger partial charge on any atom is 0.243 e. The summed E-state index contributed by atoms with van der Waals surface area (Å²) < 4.78 is 53.1. The number of nitrogen functional groups attached to an aromatic ring is 1. The zero-order valence-corrected chi connectivity index (χ0v) is 12.2. The highest BCUT2D eigenvalue weighted by atomic mass is 35.5. The molecule has 0 saturated heterocycles. The first-order valence-corrected chi connectivity index (χ1v) is 7.96. The summed E-state index contributed by atoms with van der Waals surface area (Å²) in [7, 11) is -4.13. The van der Waals surface area contributed by atoms with Gasteiger partial charge in [0.05, 0.1) is 10.0 Å². The van der Waals surface area contributed by atoms with Crippen molar-refractivity contribution in [2.45, 2.75) is 11.4 Å². The van der Waals surface area contributed by atoms with Crippen LogP contribution in [0.2, 0.25) is 4.34 Å². The summed E-state index contributed by atoms with van der Waals surface area (Å²) in [6.45, 7) is -0.0452. The van der Waals surface area contributed by atoms with Gasteiger partial charge in [-0.25, -0.2) is 21.9 Å². The Balaban J connectivity index is 2.24. The summed E-state index contributed by atoms with van der Waals surface area (Å²) in [5, 5.41) is 0. The summed E-state index contributed by atoms with van der Waals surface area (Å²) >= 11 is 6.91. The van der Waals surface area contributed by atoms with E-state index in [0.717, 1.165) is 6.07 Å². The Hall–Kier alpha value is -1.22. The summed E-state index contributed by atoms with van der Waals surface area (Å²) in [4.78, 5) is -0.0341. The van der Waals surface area contributed by atoms with Gasteiger partial charge in [-0.1, -0.05) is 11.6 Å². The third kappa shape index (κ3) is 3.26. The van der Waals surface area contributed by atoms with Gasteiger partial charge in [-0.05, 0) is 18.2 Å². The largest absolute Gasteiger partial charge is 0.396 e. The normalized spacial score (nSPS) is 11.8. The van der Waals surface area contributed by atoms with Gasteiger partial charge in [0.25, 0.3) is 0 Å². The molecule has 2 rings (SSSR count). The number of thiophene rings is 1. The molecule has 3 N–H and O–H groups in total. The maximum absolute atomic E-state index is 13.5. The van der Waals surface area contributed by atoms with Crippen molar-refractivity contribution in [3.8, 4) is 0 Å². The Bertz CT molecular complexity index is 747. The summed E-state index contributed by atoms with van der Waals surface area (Å²) in [6, 6.07) is 4.44. The Morgan fingerprint density at radius 1 is 1.25 bits per heavy atom. The molecule has 1 aromatic carbocycles. The Morgan fingerprint density at radius 3 is 2.55 bits per heavy atom. The second kappa shape index (κ2) is 5.65. The molecule has 0 bridgehead atoms. The van der Waals surface area contributed by atoms with Gasteiger partial charge in [0.2, 0.25) is 10.0 Å². The van der Waals surface area contributed by atoms with Gasteiger partial charge in [0.1, 0.15) is 16.5 Å². The molecule has 0 radical (unpaired) electrons. The van der Waals surface area contributed by atoms with Gasteiger partial charge < -0.3 is 5.73 Å². The van der Waals surface area contributed by atoms with E-state index in [4.69, 9.17) is 17.3 Å². The van der Waals surface area contributed by atoms with Crippen LogP contribution in [-0.4, -0.2) is 8.42 Å². The molecule has 0 aliphatic rings. The van der Waals surface area contributed by atoms with Crippen LogP contribution < -0.4 is 10.5 Å². The third-order valence-electron chi connectivity index (χ3n) is 2.41. The zero-order valence-electron chi connectivity index (χ0n) is 9.86. The minimum atomic E-state index is -4.13. The van der Waals surface area contributed by atoms with E-state index in [1.165, 1.54) is 11.3 Å². The van der Waals surface area contributed by atoms with E-state index in [2.05, 4.69) is 4.72 Å². The molecule has 0 fully saturated rings. The third-order valence-corrected chi connectivity index (χ3v) is 5.05. The van der Waals surface area contributed by atoms with Gasteiger partial charge in [0, 0.05) is 17.5 Å². The second-order valence-corrected chi connectivity index (χ2v) is 7.37. The number of anilines is 1. The Kier molecular flexibility index (Phi) is 4.28. The molecule has 0 spiro atoms. The van der Waals surface area contributed by atoms with Crippen LogP contribution in [0.3, 0.4) is 0 Å². The van der Waals surface area contributed by atoms with E-state index in [9.17, 15) is 17.2 Å². The van der Waals surface area contributed by atoms with Crippen LogP contribution in [0.15, 0.2) is 29.2 Å². The monoisotopic (exact) mass is 338 g/mol. The average Bonchev–Trinajstić information content (AvgIpc) is 2.77. The van der Waals surface area contributed by atoms with Crippen molar-refractivity contribution >= 4 is 38.6 Å². The molecular weight excluding hydrogens is 330 g/mol.